The van der Waals surface area contributed by atoms with Gasteiger partial charge in [0.15, 0.2) is 0 Å². The molecule has 0 saturated heterocycles. The molecular formula is C9H8ClNO2. The number of anilines is 1. The number of carboxylic acids is 1. The predicted molar refractivity (Wildman–Crippen MR) is 49.9 cm³/mol. The molecule has 1 heterocycles. The van der Waals surface area contributed by atoms with E-state index in [0.29, 0.717) is 6.42 Å². The van der Waals surface area contributed by atoms with Gasteiger partial charge in [-0.25, -0.2) is 4.79 Å². The molecule has 0 aromatic heterocycles. The summed E-state index contributed by atoms with van der Waals surface area (Å²) < 4.78 is 1.29. The normalized spacial score (nSPS) is 20.1. The molecule has 0 spiro atoms. The zero-order valence-electron chi connectivity index (χ0n) is 6.77. The van der Waals surface area contributed by atoms with Crippen LogP contribution in [0.1, 0.15) is 5.56 Å². The number of rotatable bonds is 1. The predicted octanol–water partition coefficient (Wildman–Crippen LogP) is 1.66. The number of halogens is 1. The Bertz CT molecular complexity index is 353. The summed E-state index contributed by atoms with van der Waals surface area (Å²) in [6.07, 6.45) is 0.481. The van der Waals surface area contributed by atoms with Gasteiger partial charge in [0.1, 0.15) is 6.04 Å². The summed E-state index contributed by atoms with van der Waals surface area (Å²) >= 11 is 5.86. The Labute approximate surface area is 80.7 Å². The van der Waals surface area contributed by atoms with Gasteiger partial charge in [0.2, 0.25) is 0 Å². The van der Waals surface area contributed by atoms with Crippen molar-refractivity contribution in [2.45, 2.75) is 12.5 Å². The molecule has 68 valence electrons. The molecule has 13 heavy (non-hydrogen) atoms. The van der Waals surface area contributed by atoms with Crippen LogP contribution in [0, 0.1) is 0 Å². The van der Waals surface area contributed by atoms with Crippen molar-refractivity contribution in [1.82, 2.24) is 0 Å². The van der Waals surface area contributed by atoms with E-state index in [2.05, 4.69) is 0 Å². The van der Waals surface area contributed by atoms with E-state index < -0.39 is 12.0 Å². The monoisotopic (exact) mass is 197 g/mol. The lowest BCUT2D eigenvalue weighted by Gasteiger charge is -2.14. The summed E-state index contributed by atoms with van der Waals surface area (Å²) in [6, 6.07) is 6.82. The molecule has 0 fully saturated rings. The Morgan fingerprint density at radius 2 is 2.23 bits per heavy atom. The van der Waals surface area contributed by atoms with Gasteiger partial charge in [-0.3, -0.25) is 4.42 Å². The van der Waals surface area contributed by atoms with Gasteiger partial charge < -0.3 is 5.11 Å². The molecule has 1 atom stereocenters. The number of aliphatic carboxylic acids is 1. The van der Waals surface area contributed by atoms with E-state index >= 15 is 0 Å². The average Bonchev–Trinajstić information content (AvgIpc) is 2.45. The average molecular weight is 198 g/mol. The van der Waals surface area contributed by atoms with Crippen molar-refractivity contribution in [3.05, 3.63) is 29.8 Å². The largest absolute Gasteiger partial charge is 0.480 e. The third kappa shape index (κ3) is 1.25. The molecule has 3 nitrogen and oxygen atoms in total. The molecule has 4 heteroatoms. The topological polar surface area (TPSA) is 40.5 Å². The lowest BCUT2D eigenvalue weighted by atomic mass is 10.1. The zero-order chi connectivity index (χ0) is 9.42. The van der Waals surface area contributed by atoms with Gasteiger partial charge in [-0.05, 0) is 11.6 Å². The van der Waals surface area contributed by atoms with Crippen LogP contribution >= 0.6 is 11.8 Å². The second kappa shape index (κ2) is 2.92. The Morgan fingerprint density at radius 3 is 2.85 bits per heavy atom. The standard InChI is InChI=1S/C9H8ClNO2/c10-11-7-4-2-1-3-6(7)5-8(11)9(12)13/h1-4,8H,5H2,(H,12,13). The van der Waals surface area contributed by atoms with Crippen molar-refractivity contribution in [2.24, 2.45) is 0 Å². The maximum atomic E-state index is 10.8. The fraction of sp³-hybridized carbons (Fsp3) is 0.222. The first-order chi connectivity index (χ1) is 6.20. The van der Waals surface area contributed by atoms with Crippen LogP contribution in [0.25, 0.3) is 0 Å². The lowest BCUT2D eigenvalue weighted by Crippen LogP contribution is -2.31. The lowest BCUT2D eigenvalue weighted by molar-refractivity contribution is -0.138. The van der Waals surface area contributed by atoms with Gasteiger partial charge in [-0.2, -0.15) is 0 Å². The molecule has 2 rings (SSSR count). The first-order valence-corrected chi connectivity index (χ1v) is 4.29. The van der Waals surface area contributed by atoms with E-state index in [9.17, 15) is 4.79 Å². The van der Waals surface area contributed by atoms with Crippen molar-refractivity contribution >= 4 is 23.4 Å². The summed E-state index contributed by atoms with van der Waals surface area (Å²) in [6.45, 7) is 0. The quantitative estimate of drug-likeness (QED) is 0.696. The van der Waals surface area contributed by atoms with Gasteiger partial charge in [0, 0.05) is 18.2 Å². The third-order valence-corrected chi connectivity index (χ3v) is 2.61. The molecule has 1 aliphatic rings. The van der Waals surface area contributed by atoms with E-state index in [1.165, 1.54) is 4.42 Å². The maximum Gasteiger partial charge on any atom is 0.328 e. The molecule has 0 bridgehead atoms. The Balaban J connectivity index is 2.38. The van der Waals surface area contributed by atoms with Crippen molar-refractivity contribution < 1.29 is 9.90 Å². The molecule has 1 aliphatic heterocycles. The molecule has 0 saturated carbocycles. The molecular weight excluding hydrogens is 190 g/mol. The fourth-order valence-electron chi connectivity index (χ4n) is 1.53. The zero-order valence-corrected chi connectivity index (χ0v) is 7.53. The molecule has 1 N–H and O–H groups in total. The van der Waals surface area contributed by atoms with E-state index in [4.69, 9.17) is 16.9 Å². The second-order valence-corrected chi connectivity index (χ2v) is 3.36. The minimum Gasteiger partial charge on any atom is -0.480 e. The number of hydrogen-bond acceptors (Lipinski definition) is 2. The van der Waals surface area contributed by atoms with Crippen LogP contribution in [-0.4, -0.2) is 17.1 Å². The number of fused-ring (bicyclic) bond motifs is 1. The third-order valence-electron chi connectivity index (χ3n) is 2.19. The number of carboxylic acid groups (broad SMARTS) is 1. The van der Waals surface area contributed by atoms with Crippen LogP contribution < -0.4 is 4.42 Å². The van der Waals surface area contributed by atoms with Gasteiger partial charge in [0.05, 0.1) is 5.69 Å². The summed E-state index contributed by atoms with van der Waals surface area (Å²) in [5, 5.41) is 8.83. The Morgan fingerprint density at radius 1 is 1.54 bits per heavy atom. The van der Waals surface area contributed by atoms with Crippen LogP contribution in [0.2, 0.25) is 0 Å². The van der Waals surface area contributed by atoms with Crippen molar-refractivity contribution in [3.8, 4) is 0 Å². The van der Waals surface area contributed by atoms with Crippen LogP contribution in [0.5, 0.6) is 0 Å². The van der Waals surface area contributed by atoms with Gasteiger partial charge >= 0.3 is 5.97 Å². The number of nitrogens with zero attached hydrogens (tertiary/aromatic N) is 1. The van der Waals surface area contributed by atoms with Crippen molar-refractivity contribution in [3.63, 3.8) is 0 Å². The van der Waals surface area contributed by atoms with E-state index in [1.807, 2.05) is 24.3 Å². The Hall–Kier alpha value is -1.22. The van der Waals surface area contributed by atoms with Crippen LogP contribution in [-0.2, 0) is 11.2 Å². The minimum absolute atomic E-state index is 0.481. The number of para-hydroxylation sites is 1. The number of carbonyl (C=O) groups is 1. The highest BCUT2D eigenvalue weighted by Crippen LogP contribution is 2.33. The first kappa shape index (κ1) is 8.38. The van der Waals surface area contributed by atoms with E-state index in [1.54, 1.807) is 0 Å². The summed E-state index contributed by atoms with van der Waals surface area (Å²) in [7, 11) is 0. The highest BCUT2D eigenvalue weighted by atomic mass is 35.5. The molecule has 0 aliphatic carbocycles. The van der Waals surface area contributed by atoms with E-state index in [-0.39, 0.29) is 0 Å². The highest BCUT2D eigenvalue weighted by Gasteiger charge is 2.33. The Kier molecular flexibility index (Phi) is 1.88. The number of benzene rings is 1. The molecule has 0 radical (unpaired) electrons. The van der Waals surface area contributed by atoms with Crippen LogP contribution in [0.15, 0.2) is 24.3 Å². The van der Waals surface area contributed by atoms with E-state index in [0.717, 1.165) is 11.3 Å². The minimum atomic E-state index is -0.883. The second-order valence-electron chi connectivity index (χ2n) is 3.00. The molecule has 0 amide bonds. The SMILES string of the molecule is O=C(O)C1Cc2ccccc2N1Cl. The number of hydrogen-bond donors (Lipinski definition) is 1. The summed E-state index contributed by atoms with van der Waals surface area (Å²) in [5.74, 6) is -0.883. The summed E-state index contributed by atoms with van der Waals surface area (Å²) in [4.78, 5) is 10.8. The van der Waals surface area contributed by atoms with Crippen LogP contribution in [0.4, 0.5) is 5.69 Å². The van der Waals surface area contributed by atoms with Gasteiger partial charge in [0.25, 0.3) is 0 Å². The van der Waals surface area contributed by atoms with Gasteiger partial charge in [-0.1, -0.05) is 18.2 Å². The fourth-order valence-corrected chi connectivity index (χ4v) is 1.85. The van der Waals surface area contributed by atoms with Crippen molar-refractivity contribution in [2.75, 3.05) is 4.42 Å². The first-order valence-electron chi connectivity index (χ1n) is 3.96. The highest BCUT2D eigenvalue weighted by molar-refractivity contribution is 6.28. The maximum absolute atomic E-state index is 10.8. The van der Waals surface area contributed by atoms with Crippen molar-refractivity contribution in [1.29, 1.82) is 0 Å². The van der Waals surface area contributed by atoms with Crippen LogP contribution in [0.3, 0.4) is 0 Å². The smallest absolute Gasteiger partial charge is 0.328 e. The molecule has 1 aromatic rings. The van der Waals surface area contributed by atoms with Gasteiger partial charge in [-0.15, -0.1) is 0 Å². The molecule has 1 unspecified atom stereocenters. The summed E-state index contributed by atoms with van der Waals surface area (Å²) in [5.41, 5.74) is 1.79. The molecule has 1 aromatic carbocycles.